The third-order valence-corrected chi connectivity index (χ3v) is 5.15. The Hall–Kier alpha value is -4.01. The molecule has 1 heterocycles. The van der Waals surface area contributed by atoms with E-state index in [-0.39, 0.29) is 22.8 Å². The number of phenols is 1. The third kappa shape index (κ3) is 4.09. The second kappa shape index (κ2) is 8.62. The number of para-hydroxylation sites is 1. The van der Waals surface area contributed by atoms with Gasteiger partial charge in [0.1, 0.15) is 23.1 Å². The maximum absolute atomic E-state index is 13.9. The summed E-state index contributed by atoms with van der Waals surface area (Å²) in [7, 11) is 0. The standard InChI is InChI=1S/C23H19F2N3O4/c1-12-20-17(27-28-22(30)14-5-2-3-7-18(14)29)6-4-8-19(20)32-21(12)23(31)26-16-10-9-13(24)11-15(16)25/h2-3,5,7,9-11,29H,4,6,8H2,1H3,(H,26,31)(H,28,30)/b27-17+. The number of carbonyl (C=O) groups is 2. The van der Waals surface area contributed by atoms with Gasteiger partial charge in [-0.1, -0.05) is 12.1 Å². The van der Waals surface area contributed by atoms with Gasteiger partial charge in [-0.05, 0) is 44.0 Å². The number of aromatic hydroxyl groups is 1. The lowest BCUT2D eigenvalue weighted by Gasteiger charge is -2.13. The molecule has 0 saturated carbocycles. The molecule has 3 N–H and O–H groups in total. The van der Waals surface area contributed by atoms with Gasteiger partial charge in [-0.2, -0.15) is 5.10 Å². The van der Waals surface area contributed by atoms with Crippen LogP contribution in [0.25, 0.3) is 0 Å². The Morgan fingerprint density at radius 3 is 2.62 bits per heavy atom. The molecule has 1 aliphatic rings. The number of amides is 2. The number of hydrazone groups is 1. The van der Waals surface area contributed by atoms with E-state index in [1.165, 1.54) is 12.1 Å². The zero-order chi connectivity index (χ0) is 22.8. The van der Waals surface area contributed by atoms with E-state index in [0.717, 1.165) is 12.1 Å². The smallest absolute Gasteiger partial charge is 0.291 e. The van der Waals surface area contributed by atoms with Crippen molar-refractivity contribution < 1.29 is 27.9 Å². The molecule has 2 amide bonds. The van der Waals surface area contributed by atoms with Crippen molar-refractivity contribution >= 4 is 23.2 Å². The van der Waals surface area contributed by atoms with E-state index in [1.54, 1.807) is 19.1 Å². The number of aryl methyl sites for hydroxylation is 1. The van der Waals surface area contributed by atoms with Crippen molar-refractivity contribution in [3.8, 4) is 5.75 Å². The van der Waals surface area contributed by atoms with Gasteiger partial charge in [0.2, 0.25) is 0 Å². The number of hydrogen-bond acceptors (Lipinski definition) is 5. The first-order chi connectivity index (χ1) is 15.3. The normalized spacial score (nSPS) is 14.2. The lowest BCUT2D eigenvalue weighted by molar-refractivity contribution is 0.0950. The van der Waals surface area contributed by atoms with Crippen LogP contribution in [-0.2, 0) is 6.42 Å². The fraction of sp³-hybridized carbons (Fsp3) is 0.174. The average molecular weight is 439 g/mol. The van der Waals surface area contributed by atoms with Gasteiger partial charge in [0.25, 0.3) is 11.8 Å². The zero-order valence-corrected chi connectivity index (χ0v) is 17.0. The molecular weight excluding hydrogens is 420 g/mol. The van der Waals surface area contributed by atoms with Crippen molar-refractivity contribution in [3.63, 3.8) is 0 Å². The molecule has 164 valence electrons. The molecule has 3 aromatic rings. The fourth-order valence-corrected chi connectivity index (χ4v) is 3.61. The number of anilines is 1. The van der Waals surface area contributed by atoms with Crippen LogP contribution in [0, 0.1) is 18.6 Å². The number of hydrogen-bond donors (Lipinski definition) is 3. The third-order valence-electron chi connectivity index (χ3n) is 5.15. The van der Waals surface area contributed by atoms with Crippen LogP contribution >= 0.6 is 0 Å². The molecule has 1 aliphatic carbocycles. The Labute approximate surface area is 181 Å². The molecule has 0 fully saturated rings. The summed E-state index contributed by atoms with van der Waals surface area (Å²) < 4.78 is 32.7. The SMILES string of the molecule is Cc1c(C(=O)Nc2ccc(F)cc2F)oc2c1/C(=N/NC(=O)c1ccccc1O)CCC2. The molecule has 1 aromatic heterocycles. The van der Waals surface area contributed by atoms with Crippen LogP contribution in [0.3, 0.4) is 0 Å². The Kier molecular flexibility index (Phi) is 5.72. The largest absolute Gasteiger partial charge is 0.507 e. The minimum atomic E-state index is -0.901. The van der Waals surface area contributed by atoms with Gasteiger partial charge < -0.3 is 14.8 Å². The van der Waals surface area contributed by atoms with Gasteiger partial charge in [0.15, 0.2) is 5.76 Å². The Bertz CT molecular complexity index is 1250. The van der Waals surface area contributed by atoms with Gasteiger partial charge in [-0.25, -0.2) is 14.2 Å². The molecule has 2 aromatic carbocycles. The summed E-state index contributed by atoms with van der Waals surface area (Å²) in [6.07, 6.45) is 1.81. The van der Waals surface area contributed by atoms with Crippen LogP contribution in [0.2, 0.25) is 0 Å². The molecule has 0 radical (unpaired) electrons. The molecule has 0 saturated heterocycles. The topological polar surface area (TPSA) is 104 Å². The first kappa shape index (κ1) is 21.2. The summed E-state index contributed by atoms with van der Waals surface area (Å²) in [5, 5.41) is 16.4. The number of nitrogens with one attached hydrogen (secondary N) is 2. The van der Waals surface area contributed by atoms with Crippen LogP contribution in [0.1, 0.15) is 50.6 Å². The highest BCUT2D eigenvalue weighted by Crippen LogP contribution is 2.30. The van der Waals surface area contributed by atoms with E-state index >= 15 is 0 Å². The van der Waals surface area contributed by atoms with Crippen molar-refractivity contribution in [2.75, 3.05) is 5.32 Å². The molecular formula is C23H19F2N3O4. The number of nitrogens with zero attached hydrogens (tertiary/aromatic N) is 1. The summed E-state index contributed by atoms with van der Waals surface area (Å²) >= 11 is 0. The lowest BCUT2D eigenvalue weighted by atomic mass is 9.93. The van der Waals surface area contributed by atoms with E-state index in [4.69, 9.17) is 4.42 Å². The number of phenolic OH excluding ortho intramolecular Hbond substituents is 1. The zero-order valence-electron chi connectivity index (χ0n) is 17.0. The average Bonchev–Trinajstić information content (AvgIpc) is 3.11. The maximum atomic E-state index is 13.9. The van der Waals surface area contributed by atoms with Crippen molar-refractivity contribution in [1.29, 1.82) is 0 Å². The number of rotatable bonds is 4. The van der Waals surface area contributed by atoms with Gasteiger partial charge in [-0.3, -0.25) is 9.59 Å². The second-order valence-electron chi connectivity index (χ2n) is 7.30. The van der Waals surface area contributed by atoms with E-state index in [1.807, 2.05) is 0 Å². The minimum Gasteiger partial charge on any atom is -0.507 e. The molecule has 4 rings (SSSR count). The monoisotopic (exact) mass is 439 g/mol. The van der Waals surface area contributed by atoms with Crippen molar-refractivity contribution in [3.05, 3.63) is 82.3 Å². The highest BCUT2D eigenvalue weighted by atomic mass is 19.1. The van der Waals surface area contributed by atoms with Crippen LogP contribution in [0.4, 0.5) is 14.5 Å². The molecule has 0 spiro atoms. The van der Waals surface area contributed by atoms with Crippen LogP contribution in [0.15, 0.2) is 52.0 Å². The highest BCUT2D eigenvalue weighted by molar-refractivity contribution is 6.09. The van der Waals surface area contributed by atoms with Crippen LogP contribution < -0.4 is 10.7 Å². The number of carbonyl (C=O) groups excluding carboxylic acids is 2. The first-order valence-electron chi connectivity index (χ1n) is 9.89. The number of fused-ring (bicyclic) bond motifs is 1. The van der Waals surface area contributed by atoms with Crippen LogP contribution in [-0.4, -0.2) is 22.6 Å². The summed E-state index contributed by atoms with van der Waals surface area (Å²) in [6, 6.07) is 8.93. The predicted octanol–water partition coefficient (Wildman–Crippen LogP) is 4.29. The Balaban J connectivity index is 1.58. The van der Waals surface area contributed by atoms with Crippen molar-refractivity contribution in [2.24, 2.45) is 5.10 Å². The van der Waals surface area contributed by atoms with Gasteiger partial charge in [0, 0.05) is 23.6 Å². The molecule has 0 unspecified atom stereocenters. The first-order valence-corrected chi connectivity index (χ1v) is 9.89. The Morgan fingerprint density at radius 2 is 1.88 bits per heavy atom. The van der Waals surface area contributed by atoms with E-state index in [9.17, 15) is 23.5 Å². The molecule has 9 heteroatoms. The number of halogens is 2. The summed E-state index contributed by atoms with van der Waals surface area (Å²) in [6.45, 7) is 1.67. The molecule has 0 bridgehead atoms. The highest BCUT2D eigenvalue weighted by Gasteiger charge is 2.28. The summed E-state index contributed by atoms with van der Waals surface area (Å²) in [5.74, 6) is -2.55. The summed E-state index contributed by atoms with van der Waals surface area (Å²) in [4.78, 5) is 25.0. The molecule has 0 atom stereocenters. The lowest BCUT2D eigenvalue weighted by Crippen LogP contribution is -2.22. The molecule has 32 heavy (non-hydrogen) atoms. The van der Waals surface area contributed by atoms with E-state index < -0.39 is 23.4 Å². The minimum absolute atomic E-state index is 0.0136. The molecule has 0 aliphatic heterocycles. The Morgan fingerprint density at radius 1 is 1.09 bits per heavy atom. The van der Waals surface area contributed by atoms with E-state index in [2.05, 4.69) is 15.8 Å². The van der Waals surface area contributed by atoms with E-state index in [0.29, 0.717) is 47.9 Å². The van der Waals surface area contributed by atoms with Crippen molar-refractivity contribution in [1.82, 2.24) is 5.43 Å². The van der Waals surface area contributed by atoms with Gasteiger partial charge in [-0.15, -0.1) is 0 Å². The predicted molar refractivity (Wildman–Crippen MR) is 113 cm³/mol. The number of benzene rings is 2. The quantitative estimate of drug-likeness (QED) is 0.528. The number of furan rings is 1. The second-order valence-corrected chi connectivity index (χ2v) is 7.30. The van der Waals surface area contributed by atoms with Crippen LogP contribution in [0.5, 0.6) is 5.75 Å². The fourth-order valence-electron chi connectivity index (χ4n) is 3.61. The van der Waals surface area contributed by atoms with Gasteiger partial charge >= 0.3 is 0 Å². The molecule has 7 nitrogen and oxygen atoms in total. The summed E-state index contributed by atoms with van der Waals surface area (Å²) in [5.41, 5.74) is 3.98. The maximum Gasteiger partial charge on any atom is 0.291 e. The van der Waals surface area contributed by atoms with Crippen molar-refractivity contribution in [2.45, 2.75) is 26.2 Å². The van der Waals surface area contributed by atoms with Gasteiger partial charge in [0.05, 0.1) is 17.0 Å².